The number of halogens is 4. The zero-order chi connectivity index (χ0) is 17.2. The summed E-state index contributed by atoms with van der Waals surface area (Å²) >= 11 is 0. The van der Waals surface area contributed by atoms with Crippen LogP contribution < -0.4 is 0 Å². The lowest BCUT2D eigenvalue weighted by atomic mass is 10.1. The molecular weight excluding hydrogens is 320 g/mol. The zero-order valence-electron chi connectivity index (χ0n) is 12.4. The summed E-state index contributed by atoms with van der Waals surface area (Å²) in [5.74, 6) is -0.906. The average molecular weight is 332 g/mol. The van der Waals surface area contributed by atoms with E-state index in [0.29, 0.717) is 17.0 Å². The molecule has 3 rings (SSSR count). The van der Waals surface area contributed by atoms with Crippen molar-refractivity contribution in [2.75, 3.05) is 0 Å². The maximum Gasteiger partial charge on any atom is 0.393 e. The van der Waals surface area contributed by atoms with Crippen LogP contribution in [0.1, 0.15) is 5.56 Å². The van der Waals surface area contributed by atoms with Gasteiger partial charge in [0.1, 0.15) is 5.82 Å². The minimum Gasteiger partial charge on any atom is -0.260 e. The Bertz CT molecular complexity index is 845. The van der Waals surface area contributed by atoms with Crippen molar-refractivity contribution in [2.24, 2.45) is 0 Å². The summed E-state index contributed by atoms with van der Waals surface area (Å²) in [7, 11) is 0. The zero-order valence-corrected chi connectivity index (χ0v) is 12.4. The Labute approximate surface area is 135 Å². The molecule has 0 amide bonds. The van der Waals surface area contributed by atoms with Gasteiger partial charge in [0.05, 0.1) is 30.2 Å². The van der Waals surface area contributed by atoms with E-state index in [2.05, 4.69) is 9.97 Å². The summed E-state index contributed by atoms with van der Waals surface area (Å²) in [6.45, 7) is 0. The Morgan fingerprint density at radius 3 is 2.12 bits per heavy atom. The molecular formula is C18H12F4N2. The standard InChI is InChI=1S/C18H12F4N2/c19-15-8-13(6-7-14(15)9-18(20,21)22)17-11-23-10-16(24-17)12-4-2-1-3-5-12/h1-8,10-11H,9H2. The average Bonchev–Trinajstić information content (AvgIpc) is 2.56. The summed E-state index contributed by atoms with van der Waals surface area (Å²) in [5, 5.41) is 0. The van der Waals surface area contributed by atoms with E-state index < -0.39 is 24.0 Å². The Hall–Kier alpha value is -2.76. The van der Waals surface area contributed by atoms with Crippen LogP contribution in [0.3, 0.4) is 0 Å². The van der Waals surface area contributed by atoms with E-state index in [4.69, 9.17) is 0 Å². The number of rotatable bonds is 3. The van der Waals surface area contributed by atoms with Crippen LogP contribution in [0.5, 0.6) is 0 Å². The van der Waals surface area contributed by atoms with Crippen LogP contribution >= 0.6 is 0 Å². The summed E-state index contributed by atoms with van der Waals surface area (Å²) in [5.41, 5.74) is 1.84. The van der Waals surface area contributed by atoms with Gasteiger partial charge in [-0.3, -0.25) is 4.98 Å². The third kappa shape index (κ3) is 3.76. The maximum absolute atomic E-state index is 13.9. The lowest BCUT2D eigenvalue weighted by Crippen LogP contribution is -2.12. The molecule has 0 aliphatic rings. The molecule has 0 bridgehead atoms. The molecule has 1 aromatic heterocycles. The SMILES string of the molecule is Fc1cc(-c2cncc(-c3ccccc3)n2)ccc1CC(F)(F)F. The van der Waals surface area contributed by atoms with Crippen molar-refractivity contribution in [3.63, 3.8) is 0 Å². The molecule has 0 fully saturated rings. The topological polar surface area (TPSA) is 25.8 Å². The van der Waals surface area contributed by atoms with Crippen LogP contribution in [-0.4, -0.2) is 16.1 Å². The second-order valence-electron chi connectivity index (χ2n) is 5.25. The second-order valence-corrected chi connectivity index (χ2v) is 5.25. The number of hydrogen-bond donors (Lipinski definition) is 0. The largest absolute Gasteiger partial charge is 0.393 e. The van der Waals surface area contributed by atoms with Gasteiger partial charge >= 0.3 is 6.18 Å². The fraction of sp³-hybridized carbons (Fsp3) is 0.111. The highest BCUT2D eigenvalue weighted by molar-refractivity contribution is 5.64. The third-order valence-corrected chi connectivity index (χ3v) is 3.44. The van der Waals surface area contributed by atoms with E-state index in [1.54, 1.807) is 6.20 Å². The first-order chi connectivity index (χ1) is 11.4. The molecule has 6 heteroatoms. The molecule has 0 radical (unpaired) electrons. The predicted molar refractivity (Wildman–Crippen MR) is 82.6 cm³/mol. The fourth-order valence-corrected chi connectivity index (χ4v) is 2.32. The van der Waals surface area contributed by atoms with Gasteiger partial charge in [-0.05, 0) is 11.6 Å². The maximum atomic E-state index is 13.9. The van der Waals surface area contributed by atoms with Gasteiger partial charge in [0.25, 0.3) is 0 Å². The summed E-state index contributed by atoms with van der Waals surface area (Å²) in [6, 6.07) is 12.9. The predicted octanol–water partition coefficient (Wildman–Crippen LogP) is 5.05. The van der Waals surface area contributed by atoms with Gasteiger partial charge in [0.15, 0.2) is 0 Å². The molecule has 0 aliphatic carbocycles. The number of hydrogen-bond acceptors (Lipinski definition) is 2. The summed E-state index contributed by atoms with van der Waals surface area (Å²) in [6.07, 6.45) is -2.72. The minimum atomic E-state index is -4.45. The van der Waals surface area contributed by atoms with Gasteiger partial charge in [-0.15, -0.1) is 0 Å². The van der Waals surface area contributed by atoms with Crippen LogP contribution in [0.4, 0.5) is 17.6 Å². The highest BCUT2D eigenvalue weighted by atomic mass is 19.4. The first kappa shape index (κ1) is 16.1. The second kappa shape index (κ2) is 6.39. The van der Waals surface area contributed by atoms with Crippen molar-refractivity contribution < 1.29 is 17.6 Å². The van der Waals surface area contributed by atoms with E-state index in [9.17, 15) is 17.6 Å². The number of alkyl halides is 3. The highest BCUT2D eigenvalue weighted by Gasteiger charge is 2.29. The molecule has 2 nitrogen and oxygen atoms in total. The Balaban J connectivity index is 1.94. The first-order valence-electron chi connectivity index (χ1n) is 7.15. The van der Waals surface area contributed by atoms with Crippen LogP contribution in [0.15, 0.2) is 60.9 Å². The number of aromatic nitrogens is 2. The molecule has 0 spiro atoms. The molecule has 0 saturated carbocycles. The van der Waals surface area contributed by atoms with Crippen molar-refractivity contribution >= 4 is 0 Å². The van der Waals surface area contributed by atoms with Gasteiger partial charge in [0, 0.05) is 11.1 Å². The van der Waals surface area contributed by atoms with Gasteiger partial charge in [0.2, 0.25) is 0 Å². The molecule has 2 aromatic carbocycles. The molecule has 0 N–H and O–H groups in total. The van der Waals surface area contributed by atoms with Crippen molar-refractivity contribution in [3.8, 4) is 22.5 Å². The van der Waals surface area contributed by atoms with Crippen LogP contribution in [0, 0.1) is 5.82 Å². The van der Waals surface area contributed by atoms with E-state index in [-0.39, 0.29) is 0 Å². The quantitative estimate of drug-likeness (QED) is 0.627. The van der Waals surface area contributed by atoms with Gasteiger partial charge in [-0.1, -0.05) is 42.5 Å². The van der Waals surface area contributed by atoms with Gasteiger partial charge < -0.3 is 0 Å². The summed E-state index contributed by atoms with van der Waals surface area (Å²) < 4.78 is 51.1. The lowest BCUT2D eigenvalue weighted by molar-refractivity contribution is -0.127. The van der Waals surface area contributed by atoms with Crippen LogP contribution in [-0.2, 0) is 6.42 Å². The number of benzene rings is 2. The smallest absolute Gasteiger partial charge is 0.260 e. The molecule has 3 aromatic rings. The van der Waals surface area contributed by atoms with Gasteiger partial charge in [-0.25, -0.2) is 9.37 Å². The summed E-state index contributed by atoms with van der Waals surface area (Å²) in [4.78, 5) is 8.49. The molecule has 0 saturated heterocycles. The number of nitrogens with zero attached hydrogens (tertiary/aromatic N) is 2. The van der Waals surface area contributed by atoms with Crippen molar-refractivity contribution in [1.29, 1.82) is 0 Å². The van der Waals surface area contributed by atoms with E-state index in [1.165, 1.54) is 12.3 Å². The Morgan fingerprint density at radius 1 is 0.833 bits per heavy atom. The first-order valence-corrected chi connectivity index (χ1v) is 7.15. The normalized spacial score (nSPS) is 11.5. The molecule has 24 heavy (non-hydrogen) atoms. The Morgan fingerprint density at radius 2 is 1.50 bits per heavy atom. The van der Waals surface area contributed by atoms with Crippen LogP contribution in [0.25, 0.3) is 22.5 Å². The van der Waals surface area contributed by atoms with Gasteiger partial charge in [-0.2, -0.15) is 13.2 Å². The lowest BCUT2D eigenvalue weighted by Gasteiger charge is -2.09. The third-order valence-electron chi connectivity index (χ3n) is 3.44. The van der Waals surface area contributed by atoms with Crippen molar-refractivity contribution in [2.45, 2.75) is 12.6 Å². The molecule has 1 heterocycles. The fourth-order valence-electron chi connectivity index (χ4n) is 2.32. The molecule has 0 aliphatic heterocycles. The van der Waals surface area contributed by atoms with Crippen molar-refractivity contribution in [1.82, 2.24) is 9.97 Å². The van der Waals surface area contributed by atoms with Crippen molar-refractivity contribution in [3.05, 3.63) is 72.3 Å². The van der Waals surface area contributed by atoms with E-state index in [1.807, 2.05) is 30.3 Å². The van der Waals surface area contributed by atoms with Crippen LogP contribution in [0.2, 0.25) is 0 Å². The monoisotopic (exact) mass is 332 g/mol. The Kier molecular flexibility index (Phi) is 4.29. The molecule has 0 atom stereocenters. The molecule has 0 unspecified atom stereocenters. The van der Waals surface area contributed by atoms with E-state index in [0.717, 1.165) is 17.7 Å². The minimum absolute atomic E-state index is 0.378. The van der Waals surface area contributed by atoms with E-state index >= 15 is 0 Å². The highest BCUT2D eigenvalue weighted by Crippen LogP contribution is 2.27. The molecule has 122 valence electrons.